The van der Waals surface area contributed by atoms with Crippen LogP contribution in [-0.4, -0.2) is 18.4 Å². The molecule has 0 amide bonds. The van der Waals surface area contributed by atoms with Crippen molar-refractivity contribution in [1.82, 2.24) is 9.97 Å². The van der Waals surface area contributed by atoms with Crippen molar-refractivity contribution in [2.24, 2.45) is 0 Å². The number of nitrogens with zero attached hydrogens (tertiary/aromatic N) is 1. The summed E-state index contributed by atoms with van der Waals surface area (Å²) in [5.74, 6) is -0.0692. The fraction of sp³-hybridized carbons (Fsp3) is 0.182. The summed E-state index contributed by atoms with van der Waals surface area (Å²) in [5, 5.41) is -0.0809. The number of aromatic nitrogens is 2. The molecular weight excluding hydrogens is 257 g/mol. The van der Waals surface area contributed by atoms with Crippen molar-refractivity contribution in [3.8, 4) is 0 Å². The zero-order valence-corrected chi connectivity index (χ0v) is 10.5. The van der Waals surface area contributed by atoms with Crippen molar-refractivity contribution in [2.45, 2.75) is 18.4 Å². The quantitative estimate of drug-likeness (QED) is 0.890. The number of aromatic amines is 1. The second-order valence-corrected chi connectivity index (χ2v) is 5.28. The highest BCUT2D eigenvalue weighted by Crippen LogP contribution is 2.17. The molecular formula is C11H12FN3O2S. The largest absolute Gasteiger partial charge is 0.332 e. The van der Waals surface area contributed by atoms with Crippen LogP contribution in [0.4, 0.5) is 10.1 Å². The molecule has 0 radical (unpaired) electrons. The van der Waals surface area contributed by atoms with Crippen molar-refractivity contribution in [1.29, 1.82) is 0 Å². The second kappa shape index (κ2) is 4.77. The number of H-pyrrole nitrogens is 1. The van der Waals surface area contributed by atoms with Gasteiger partial charge in [-0.3, -0.25) is 4.72 Å². The topological polar surface area (TPSA) is 74.8 Å². The number of imidazole rings is 1. The predicted molar refractivity (Wildman–Crippen MR) is 65.2 cm³/mol. The molecule has 0 saturated heterocycles. The van der Waals surface area contributed by atoms with E-state index in [0.717, 1.165) is 0 Å². The van der Waals surface area contributed by atoms with Gasteiger partial charge in [0.15, 0.2) is 5.03 Å². The molecule has 7 heteroatoms. The Labute approximate surface area is 104 Å². The number of aryl methyl sites for hydroxylation is 1. The number of para-hydroxylation sites is 1. The van der Waals surface area contributed by atoms with Gasteiger partial charge >= 0.3 is 0 Å². The van der Waals surface area contributed by atoms with E-state index in [4.69, 9.17) is 0 Å². The Hall–Kier alpha value is -1.89. The van der Waals surface area contributed by atoms with Crippen LogP contribution in [-0.2, 0) is 16.4 Å². The minimum absolute atomic E-state index is 0.0809. The van der Waals surface area contributed by atoms with Crippen LogP contribution >= 0.6 is 0 Å². The smallest absolute Gasteiger partial charge is 0.279 e. The molecule has 96 valence electrons. The summed E-state index contributed by atoms with van der Waals surface area (Å²) in [5.41, 5.74) is -0.0925. The van der Waals surface area contributed by atoms with Gasteiger partial charge in [-0.25, -0.2) is 9.37 Å². The normalized spacial score (nSPS) is 11.4. The third-order valence-corrected chi connectivity index (χ3v) is 3.62. The number of nitrogens with one attached hydrogen (secondary N) is 2. The number of hydrogen-bond donors (Lipinski definition) is 2. The Kier molecular flexibility index (Phi) is 3.33. The van der Waals surface area contributed by atoms with Gasteiger partial charge in [0.2, 0.25) is 0 Å². The first-order valence-electron chi connectivity index (χ1n) is 5.34. The predicted octanol–water partition coefficient (Wildman–Crippen LogP) is 1.91. The van der Waals surface area contributed by atoms with E-state index in [2.05, 4.69) is 14.7 Å². The van der Waals surface area contributed by atoms with Gasteiger partial charge < -0.3 is 4.98 Å². The Balaban J connectivity index is 2.30. The summed E-state index contributed by atoms with van der Waals surface area (Å²) >= 11 is 0. The third kappa shape index (κ3) is 2.51. The average Bonchev–Trinajstić information content (AvgIpc) is 2.81. The lowest BCUT2D eigenvalue weighted by Crippen LogP contribution is -2.14. The molecule has 2 N–H and O–H groups in total. The molecule has 0 aliphatic heterocycles. The Morgan fingerprint density at radius 1 is 1.39 bits per heavy atom. The summed E-state index contributed by atoms with van der Waals surface area (Å²) in [6.07, 6.45) is 1.80. The van der Waals surface area contributed by atoms with Gasteiger partial charge in [0.25, 0.3) is 10.0 Å². The zero-order chi connectivity index (χ0) is 13.2. The number of rotatable bonds is 4. The van der Waals surface area contributed by atoms with E-state index >= 15 is 0 Å². The summed E-state index contributed by atoms with van der Waals surface area (Å²) in [6.45, 7) is 1.85. The van der Waals surface area contributed by atoms with Crippen LogP contribution in [0.2, 0.25) is 0 Å². The van der Waals surface area contributed by atoms with Crippen LogP contribution in [0.25, 0.3) is 0 Å². The summed E-state index contributed by atoms with van der Waals surface area (Å²) in [4.78, 5) is 6.56. The van der Waals surface area contributed by atoms with E-state index in [1.165, 1.54) is 24.4 Å². The molecule has 5 nitrogen and oxygen atoms in total. The fourth-order valence-electron chi connectivity index (χ4n) is 1.40. The highest BCUT2D eigenvalue weighted by atomic mass is 32.2. The first kappa shape index (κ1) is 12.6. The van der Waals surface area contributed by atoms with E-state index in [1.54, 1.807) is 6.07 Å². The molecule has 0 unspecified atom stereocenters. The number of anilines is 1. The van der Waals surface area contributed by atoms with Gasteiger partial charge in [-0.2, -0.15) is 8.42 Å². The monoisotopic (exact) mass is 269 g/mol. The Bertz CT molecular complexity index is 652. The number of hydrogen-bond acceptors (Lipinski definition) is 3. The van der Waals surface area contributed by atoms with Gasteiger partial charge in [0.05, 0.1) is 11.9 Å². The summed E-state index contributed by atoms with van der Waals surface area (Å²) < 4.78 is 39.4. The van der Waals surface area contributed by atoms with Crippen molar-refractivity contribution in [2.75, 3.05) is 4.72 Å². The summed E-state index contributed by atoms with van der Waals surface area (Å²) in [7, 11) is -3.83. The lowest BCUT2D eigenvalue weighted by molar-refractivity contribution is 0.595. The lowest BCUT2D eigenvalue weighted by atomic mass is 10.3. The van der Waals surface area contributed by atoms with Crippen molar-refractivity contribution >= 4 is 15.7 Å². The Morgan fingerprint density at radius 3 is 2.72 bits per heavy atom. The van der Waals surface area contributed by atoms with Gasteiger partial charge in [-0.15, -0.1) is 0 Å². The van der Waals surface area contributed by atoms with Gasteiger partial charge in [-0.05, 0) is 12.1 Å². The number of sulfonamides is 1. The maximum absolute atomic E-state index is 13.4. The second-order valence-electron chi connectivity index (χ2n) is 3.63. The van der Waals surface area contributed by atoms with Crippen molar-refractivity contribution in [3.05, 3.63) is 42.1 Å². The molecule has 0 aliphatic carbocycles. The van der Waals surface area contributed by atoms with Crippen LogP contribution in [0.3, 0.4) is 0 Å². The van der Waals surface area contributed by atoms with Gasteiger partial charge in [0.1, 0.15) is 11.6 Å². The number of halogens is 1. The van der Waals surface area contributed by atoms with Crippen LogP contribution in [0.5, 0.6) is 0 Å². The van der Waals surface area contributed by atoms with Crippen LogP contribution in [0.1, 0.15) is 12.7 Å². The summed E-state index contributed by atoms with van der Waals surface area (Å²) in [6, 6.07) is 5.57. The number of benzene rings is 1. The fourth-order valence-corrected chi connectivity index (χ4v) is 2.41. The van der Waals surface area contributed by atoms with Gasteiger partial charge in [0, 0.05) is 6.42 Å². The molecule has 0 saturated carbocycles. The highest BCUT2D eigenvalue weighted by molar-refractivity contribution is 7.92. The van der Waals surface area contributed by atoms with Crippen LogP contribution in [0.15, 0.2) is 35.5 Å². The molecule has 18 heavy (non-hydrogen) atoms. The molecule has 0 aliphatic rings. The molecule has 0 atom stereocenters. The lowest BCUT2D eigenvalue weighted by Gasteiger charge is -2.06. The maximum Gasteiger partial charge on any atom is 0.279 e. The van der Waals surface area contributed by atoms with E-state index in [9.17, 15) is 12.8 Å². The van der Waals surface area contributed by atoms with Crippen LogP contribution < -0.4 is 4.72 Å². The van der Waals surface area contributed by atoms with Crippen LogP contribution in [0, 0.1) is 5.82 Å². The molecule has 1 aromatic heterocycles. The highest BCUT2D eigenvalue weighted by Gasteiger charge is 2.18. The minimum atomic E-state index is -3.83. The standard InChI is InChI=1S/C11H12FN3O2S/c1-2-10-13-7-11(14-10)18(16,17)15-9-6-4-3-5-8(9)12/h3-7,15H,2H2,1H3,(H,13,14). The van der Waals surface area contributed by atoms with E-state index < -0.39 is 15.8 Å². The molecule has 2 rings (SSSR count). The molecule has 1 heterocycles. The van der Waals surface area contributed by atoms with E-state index in [1.807, 2.05) is 6.92 Å². The Morgan fingerprint density at radius 2 is 2.11 bits per heavy atom. The van der Waals surface area contributed by atoms with Crippen molar-refractivity contribution < 1.29 is 12.8 Å². The molecule has 2 aromatic rings. The average molecular weight is 269 g/mol. The van der Waals surface area contributed by atoms with Crippen molar-refractivity contribution in [3.63, 3.8) is 0 Å². The maximum atomic E-state index is 13.4. The van der Waals surface area contributed by atoms with E-state index in [-0.39, 0.29) is 10.7 Å². The molecule has 0 fully saturated rings. The SMILES string of the molecule is CCc1ncc(S(=O)(=O)Nc2ccccc2F)[nH]1. The van der Waals surface area contributed by atoms with Gasteiger partial charge in [-0.1, -0.05) is 19.1 Å². The first-order chi connectivity index (χ1) is 8.53. The third-order valence-electron chi connectivity index (χ3n) is 2.35. The molecule has 0 spiro atoms. The molecule has 1 aromatic carbocycles. The zero-order valence-electron chi connectivity index (χ0n) is 9.64. The molecule has 0 bridgehead atoms. The van der Waals surface area contributed by atoms with E-state index in [0.29, 0.717) is 12.2 Å². The minimum Gasteiger partial charge on any atom is -0.332 e. The first-order valence-corrected chi connectivity index (χ1v) is 6.82.